The van der Waals surface area contributed by atoms with Gasteiger partial charge in [0, 0.05) is 41.6 Å². The largest absolute Gasteiger partial charge is 0.489 e. The van der Waals surface area contributed by atoms with Crippen molar-refractivity contribution in [3.63, 3.8) is 0 Å². The summed E-state index contributed by atoms with van der Waals surface area (Å²) in [4.78, 5) is 11.3. The van der Waals surface area contributed by atoms with E-state index in [-0.39, 0.29) is 31.0 Å². The minimum atomic E-state index is -0.921. The third-order valence-electron chi connectivity index (χ3n) is 6.60. The van der Waals surface area contributed by atoms with Crippen molar-refractivity contribution < 1.29 is 23.8 Å². The Kier molecular flexibility index (Phi) is 9.14. The van der Waals surface area contributed by atoms with Gasteiger partial charge in [0.1, 0.15) is 18.2 Å². The number of nitrogens with one attached hydrogen (secondary N) is 1. The van der Waals surface area contributed by atoms with Gasteiger partial charge in [0.25, 0.3) is 0 Å². The van der Waals surface area contributed by atoms with Crippen molar-refractivity contribution in [2.75, 3.05) is 18.5 Å². The lowest BCUT2D eigenvalue weighted by atomic mass is 9.95. The highest BCUT2D eigenvalue weighted by Crippen LogP contribution is 2.32. The van der Waals surface area contributed by atoms with Crippen molar-refractivity contribution in [3.8, 4) is 16.9 Å². The molecule has 3 aromatic rings. The van der Waals surface area contributed by atoms with Gasteiger partial charge in [-0.15, -0.1) is 0 Å². The second-order valence-corrected chi connectivity index (χ2v) is 9.51. The Labute approximate surface area is 217 Å². The summed E-state index contributed by atoms with van der Waals surface area (Å²) in [6, 6.07) is 17.9. The molecule has 37 heavy (non-hydrogen) atoms. The van der Waals surface area contributed by atoms with Crippen LogP contribution in [0.5, 0.6) is 5.75 Å². The lowest BCUT2D eigenvalue weighted by Crippen LogP contribution is -2.18. The van der Waals surface area contributed by atoms with E-state index in [0.717, 1.165) is 42.7 Å². The third-order valence-corrected chi connectivity index (χ3v) is 6.60. The molecule has 1 aliphatic heterocycles. The third kappa shape index (κ3) is 7.08. The van der Waals surface area contributed by atoms with Crippen molar-refractivity contribution in [2.24, 2.45) is 5.73 Å². The normalized spacial score (nSPS) is 15.9. The topological polar surface area (TPSA) is 93.8 Å². The molecule has 1 aliphatic rings. The maximum atomic E-state index is 15.6. The molecule has 3 aromatic carbocycles. The quantitative estimate of drug-likeness (QED) is 0.275. The Morgan fingerprint density at radius 1 is 1.22 bits per heavy atom. The fraction of sp³-hybridized carbons (Fsp3) is 0.367. The molecule has 0 amide bonds. The van der Waals surface area contributed by atoms with Gasteiger partial charge < -0.3 is 25.6 Å². The van der Waals surface area contributed by atoms with Crippen LogP contribution in [0.3, 0.4) is 0 Å². The summed E-state index contributed by atoms with van der Waals surface area (Å²) in [6.07, 6.45) is 3.67. The zero-order valence-electron chi connectivity index (χ0n) is 21.2. The Morgan fingerprint density at radius 3 is 2.81 bits per heavy atom. The number of hydrogen-bond acceptors (Lipinski definition) is 5. The molecule has 0 aliphatic carbocycles. The van der Waals surface area contributed by atoms with Gasteiger partial charge in [-0.3, -0.25) is 4.79 Å². The van der Waals surface area contributed by atoms with Gasteiger partial charge in [-0.1, -0.05) is 49.7 Å². The molecule has 0 saturated carbocycles. The number of nitrogens with two attached hydrogens (primary N) is 1. The molecular weight excluding hydrogens is 471 g/mol. The number of benzene rings is 3. The molecular formula is C30H35FN2O4. The average Bonchev–Trinajstić information content (AvgIpc) is 3.41. The Morgan fingerprint density at radius 2 is 2.05 bits per heavy atom. The molecule has 6 nitrogen and oxygen atoms in total. The van der Waals surface area contributed by atoms with Gasteiger partial charge in [-0.05, 0) is 54.7 Å². The molecule has 4 N–H and O–H groups in total. The highest BCUT2D eigenvalue weighted by Gasteiger charge is 2.18. The van der Waals surface area contributed by atoms with Gasteiger partial charge in [0.2, 0.25) is 0 Å². The second kappa shape index (κ2) is 12.7. The molecule has 0 aromatic heterocycles. The number of para-hydroxylation sites is 1. The summed E-state index contributed by atoms with van der Waals surface area (Å²) in [5, 5.41) is 12.7. The van der Waals surface area contributed by atoms with Crippen molar-refractivity contribution in [2.45, 2.75) is 57.8 Å². The molecule has 0 bridgehead atoms. The molecule has 0 radical (unpaired) electrons. The highest BCUT2D eigenvalue weighted by atomic mass is 19.1. The average molecular weight is 507 g/mol. The van der Waals surface area contributed by atoms with E-state index in [0.29, 0.717) is 35.4 Å². The van der Waals surface area contributed by atoms with Crippen molar-refractivity contribution in [1.82, 2.24) is 0 Å². The van der Waals surface area contributed by atoms with E-state index < -0.39 is 5.97 Å². The van der Waals surface area contributed by atoms with E-state index in [1.807, 2.05) is 37.3 Å². The van der Waals surface area contributed by atoms with Crippen molar-refractivity contribution in [3.05, 3.63) is 83.2 Å². The molecule has 1 saturated heterocycles. The van der Waals surface area contributed by atoms with Crippen LogP contribution in [0, 0.1) is 5.82 Å². The van der Waals surface area contributed by atoms with Gasteiger partial charge in [-0.2, -0.15) is 0 Å². The number of rotatable bonds is 12. The summed E-state index contributed by atoms with van der Waals surface area (Å²) in [5.41, 5.74) is 10.3. The predicted octanol–water partition coefficient (Wildman–Crippen LogP) is 6.09. The summed E-state index contributed by atoms with van der Waals surface area (Å²) in [7, 11) is 0. The van der Waals surface area contributed by atoms with Gasteiger partial charge >= 0.3 is 5.97 Å². The van der Waals surface area contributed by atoms with E-state index in [1.54, 1.807) is 30.3 Å². The second-order valence-electron chi connectivity index (χ2n) is 9.51. The van der Waals surface area contributed by atoms with E-state index in [1.165, 1.54) is 0 Å². The fourth-order valence-electron chi connectivity index (χ4n) is 4.71. The minimum Gasteiger partial charge on any atom is -0.489 e. The van der Waals surface area contributed by atoms with Crippen LogP contribution >= 0.6 is 0 Å². The minimum absolute atomic E-state index is 0.125. The zero-order valence-corrected chi connectivity index (χ0v) is 21.2. The first-order chi connectivity index (χ1) is 17.9. The Balaban J connectivity index is 1.63. The molecule has 1 heterocycles. The van der Waals surface area contributed by atoms with Crippen LogP contribution in [0.15, 0.2) is 60.7 Å². The van der Waals surface area contributed by atoms with Crippen LogP contribution < -0.4 is 15.8 Å². The van der Waals surface area contributed by atoms with E-state index in [2.05, 4.69) is 5.32 Å². The van der Waals surface area contributed by atoms with Crippen LogP contribution in [-0.2, 0) is 22.6 Å². The summed E-state index contributed by atoms with van der Waals surface area (Å²) in [6.45, 7) is 3.67. The maximum absolute atomic E-state index is 15.6. The van der Waals surface area contributed by atoms with Gasteiger partial charge in [0.15, 0.2) is 0 Å². The molecule has 7 heteroatoms. The summed E-state index contributed by atoms with van der Waals surface area (Å²) >= 11 is 0. The number of carboxylic acid groups (broad SMARTS) is 1. The number of hydrogen-bond donors (Lipinski definition) is 3. The fourth-order valence-corrected chi connectivity index (χ4v) is 4.71. The number of anilines is 1. The van der Waals surface area contributed by atoms with E-state index in [9.17, 15) is 9.90 Å². The molecule has 1 fully saturated rings. The number of carboxylic acids is 1. The standard InChI is InChI=1S/C30H35FN2O4/c1-2-7-27(32)26-11-5-10-25(30(26)31)22-14-20(15-23(16-22)33-18-24-9-6-13-36-24)19-37-28-12-4-3-8-21(28)17-29(34)35/h3-5,8,10-12,14-16,24,27,33H,2,6-7,9,13,17-19,32H2,1H3,(H,34,35)/t24?,27-/m1/s1. The van der Waals surface area contributed by atoms with E-state index >= 15 is 4.39 Å². The summed E-state index contributed by atoms with van der Waals surface area (Å²) in [5.74, 6) is -0.711. The maximum Gasteiger partial charge on any atom is 0.307 e. The van der Waals surface area contributed by atoms with Gasteiger partial charge in [-0.25, -0.2) is 4.39 Å². The first-order valence-electron chi connectivity index (χ1n) is 12.9. The monoisotopic (exact) mass is 506 g/mol. The number of aliphatic carboxylic acids is 1. The van der Waals surface area contributed by atoms with Gasteiger partial charge in [0.05, 0.1) is 12.5 Å². The van der Waals surface area contributed by atoms with E-state index in [4.69, 9.17) is 15.2 Å². The Bertz CT molecular complexity index is 1210. The molecule has 4 rings (SSSR count). The first kappa shape index (κ1) is 26.6. The van der Waals surface area contributed by atoms with Crippen LogP contribution in [0.25, 0.3) is 11.1 Å². The lowest BCUT2D eigenvalue weighted by Gasteiger charge is -2.18. The van der Waals surface area contributed by atoms with Crippen LogP contribution in [-0.4, -0.2) is 30.3 Å². The SMILES string of the molecule is CCC[C@@H](N)c1cccc(-c2cc(COc3ccccc3CC(=O)O)cc(NCC3CCCO3)c2)c1F. The van der Waals surface area contributed by atoms with Crippen LogP contribution in [0.2, 0.25) is 0 Å². The first-order valence-corrected chi connectivity index (χ1v) is 12.9. The molecule has 196 valence electrons. The number of halogens is 1. The summed E-state index contributed by atoms with van der Waals surface area (Å²) < 4.78 is 27.4. The molecule has 2 atom stereocenters. The van der Waals surface area contributed by atoms with Crippen LogP contribution in [0.4, 0.5) is 10.1 Å². The molecule has 0 spiro atoms. The zero-order chi connectivity index (χ0) is 26.2. The van der Waals surface area contributed by atoms with Crippen molar-refractivity contribution in [1.29, 1.82) is 0 Å². The number of ether oxygens (including phenoxy) is 2. The lowest BCUT2D eigenvalue weighted by molar-refractivity contribution is -0.136. The highest BCUT2D eigenvalue weighted by molar-refractivity contribution is 5.72. The predicted molar refractivity (Wildman–Crippen MR) is 143 cm³/mol. The number of carbonyl (C=O) groups is 1. The Hall–Kier alpha value is -3.42. The smallest absolute Gasteiger partial charge is 0.307 e. The van der Waals surface area contributed by atoms with Crippen molar-refractivity contribution >= 4 is 11.7 Å². The molecule has 1 unspecified atom stereocenters. The van der Waals surface area contributed by atoms with Crippen LogP contribution in [0.1, 0.15) is 55.3 Å².